The summed E-state index contributed by atoms with van der Waals surface area (Å²) in [5.74, 6) is 1.77. The first-order chi connectivity index (χ1) is 17.0. The molecule has 0 bridgehead atoms. The minimum absolute atomic E-state index is 0.0350. The average molecular weight is 469 g/mol. The third kappa shape index (κ3) is 3.56. The van der Waals surface area contributed by atoms with Crippen molar-refractivity contribution in [2.75, 3.05) is 25.0 Å². The van der Waals surface area contributed by atoms with Crippen molar-refractivity contribution in [3.8, 4) is 11.1 Å². The van der Waals surface area contributed by atoms with Crippen molar-refractivity contribution in [1.29, 1.82) is 0 Å². The maximum Gasteiger partial charge on any atom is 0.256 e. The van der Waals surface area contributed by atoms with Gasteiger partial charge in [0.05, 0.1) is 6.42 Å². The van der Waals surface area contributed by atoms with Gasteiger partial charge in [0.15, 0.2) is 0 Å². The number of likely N-dealkylation sites (tertiary alicyclic amines) is 1. The highest BCUT2D eigenvalue weighted by molar-refractivity contribution is 6.16. The lowest BCUT2D eigenvalue weighted by Crippen LogP contribution is -2.40. The van der Waals surface area contributed by atoms with Crippen molar-refractivity contribution in [2.45, 2.75) is 44.1 Å². The molecule has 3 amide bonds. The molecular weight excluding hydrogens is 440 g/mol. The monoisotopic (exact) mass is 468 g/mol. The summed E-state index contributed by atoms with van der Waals surface area (Å²) in [5, 5.41) is 2.92. The van der Waals surface area contributed by atoms with Gasteiger partial charge in [0.1, 0.15) is 11.4 Å². The zero-order valence-corrected chi connectivity index (χ0v) is 19.6. The van der Waals surface area contributed by atoms with Crippen molar-refractivity contribution < 1.29 is 14.4 Å². The molecule has 2 aromatic rings. The molecule has 7 heteroatoms. The number of amidine groups is 1. The number of fused-ring (bicyclic) bond motifs is 1. The highest BCUT2D eigenvalue weighted by atomic mass is 16.2. The SMILES string of the molecule is O=C1Cc2ccc(-c3ccc(C4=NC5(CC5)C(=O)N4CC4CCN(C(=O)C5CC5)C4)cc3)cc2N1. The Hall–Kier alpha value is -3.48. The zero-order valence-electron chi connectivity index (χ0n) is 19.6. The maximum atomic E-state index is 13.3. The van der Waals surface area contributed by atoms with Gasteiger partial charge in [-0.25, -0.2) is 0 Å². The Morgan fingerprint density at radius 3 is 2.49 bits per heavy atom. The second-order valence-corrected chi connectivity index (χ2v) is 10.8. The van der Waals surface area contributed by atoms with Crippen LogP contribution in [0.1, 0.15) is 43.2 Å². The molecule has 2 aromatic carbocycles. The summed E-state index contributed by atoms with van der Waals surface area (Å²) in [7, 11) is 0. The molecule has 5 aliphatic rings. The van der Waals surface area contributed by atoms with E-state index in [1.807, 2.05) is 40.1 Å². The molecule has 3 aliphatic heterocycles. The summed E-state index contributed by atoms with van der Waals surface area (Å²) in [6.45, 7) is 2.17. The Kier molecular flexibility index (Phi) is 4.47. The van der Waals surface area contributed by atoms with Crippen LogP contribution in [0.25, 0.3) is 11.1 Å². The predicted octanol–water partition coefficient (Wildman–Crippen LogP) is 3.23. The number of amides is 3. The van der Waals surface area contributed by atoms with Crippen LogP contribution in [0, 0.1) is 11.8 Å². The van der Waals surface area contributed by atoms with Gasteiger partial charge >= 0.3 is 0 Å². The van der Waals surface area contributed by atoms with Crippen LogP contribution in [0.2, 0.25) is 0 Å². The highest BCUT2D eigenvalue weighted by Crippen LogP contribution is 2.46. The van der Waals surface area contributed by atoms with Gasteiger partial charge in [-0.05, 0) is 60.8 Å². The van der Waals surface area contributed by atoms with Crippen molar-refractivity contribution >= 4 is 29.2 Å². The molecule has 35 heavy (non-hydrogen) atoms. The van der Waals surface area contributed by atoms with Crippen LogP contribution >= 0.6 is 0 Å². The molecule has 178 valence electrons. The molecule has 1 N–H and O–H groups in total. The van der Waals surface area contributed by atoms with Crippen molar-refractivity contribution in [2.24, 2.45) is 16.8 Å². The van der Waals surface area contributed by atoms with E-state index in [2.05, 4.69) is 17.4 Å². The second-order valence-electron chi connectivity index (χ2n) is 10.8. The molecule has 1 spiro atoms. The predicted molar refractivity (Wildman–Crippen MR) is 132 cm³/mol. The van der Waals surface area contributed by atoms with Crippen LogP contribution < -0.4 is 5.32 Å². The van der Waals surface area contributed by atoms with Crippen molar-refractivity contribution in [1.82, 2.24) is 9.80 Å². The van der Waals surface area contributed by atoms with E-state index in [1.165, 1.54) is 0 Å². The van der Waals surface area contributed by atoms with Gasteiger partial charge in [0.25, 0.3) is 5.91 Å². The number of rotatable bonds is 5. The molecule has 3 fully saturated rings. The number of nitrogens with zero attached hydrogens (tertiary/aromatic N) is 3. The van der Waals surface area contributed by atoms with Crippen LogP contribution in [0.3, 0.4) is 0 Å². The minimum Gasteiger partial charge on any atom is -0.342 e. The molecule has 1 saturated heterocycles. The Morgan fingerprint density at radius 1 is 1.00 bits per heavy atom. The molecule has 2 aliphatic carbocycles. The number of aliphatic imine (C=N–C) groups is 1. The van der Waals surface area contributed by atoms with Crippen molar-refractivity contribution in [3.63, 3.8) is 0 Å². The highest BCUT2D eigenvalue weighted by Gasteiger charge is 2.57. The van der Waals surface area contributed by atoms with E-state index < -0.39 is 5.54 Å². The average Bonchev–Trinajstić information content (AvgIpc) is 3.76. The smallest absolute Gasteiger partial charge is 0.256 e. The van der Waals surface area contributed by atoms with Gasteiger partial charge in [0.2, 0.25) is 11.8 Å². The molecule has 7 rings (SSSR count). The Morgan fingerprint density at radius 2 is 1.74 bits per heavy atom. The summed E-state index contributed by atoms with van der Waals surface area (Å²) >= 11 is 0. The number of anilines is 1. The molecule has 1 atom stereocenters. The summed E-state index contributed by atoms with van der Waals surface area (Å²) in [6.07, 6.45) is 5.08. The fourth-order valence-corrected chi connectivity index (χ4v) is 5.73. The van der Waals surface area contributed by atoms with Gasteiger partial charge in [-0.3, -0.25) is 24.3 Å². The Bertz CT molecular complexity index is 1290. The van der Waals surface area contributed by atoms with E-state index in [4.69, 9.17) is 4.99 Å². The van der Waals surface area contributed by atoms with Gasteiger partial charge in [-0.15, -0.1) is 0 Å². The lowest BCUT2D eigenvalue weighted by atomic mass is 10.0. The lowest BCUT2D eigenvalue weighted by molar-refractivity contribution is -0.131. The fourth-order valence-electron chi connectivity index (χ4n) is 5.73. The first-order valence-corrected chi connectivity index (χ1v) is 12.7. The van der Waals surface area contributed by atoms with Gasteiger partial charge in [-0.1, -0.05) is 36.4 Å². The first-order valence-electron chi connectivity index (χ1n) is 12.7. The fraction of sp³-hybridized carbons (Fsp3) is 0.429. The number of nitrogens with one attached hydrogen (secondary N) is 1. The second kappa shape index (κ2) is 7.51. The number of hydrogen-bond donors (Lipinski definition) is 1. The van der Waals surface area contributed by atoms with Crippen LogP contribution in [0.4, 0.5) is 5.69 Å². The summed E-state index contributed by atoms with van der Waals surface area (Å²) < 4.78 is 0. The lowest BCUT2D eigenvalue weighted by Gasteiger charge is -2.23. The third-order valence-corrected chi connectivity index (χ3v) is 8.12. The summed E-state index contributed by atoms with van der Waals surface area (Å²) in [6, 6.07) is 14.3. The molecule has 7 nitrogen and oxygen atoms in total. The topological polar surface area (TPSA) is 82.1 Å². The van der Waals surface area contributed by atoms with Gasteiger partial charge in [0, 0.05) is 36.8 Å². The van der Waals surface area contributed by atoms with E-state index in [9.17, 15) is 14.4 Å². The van der Waals surface area contributed by atoms with Crippen LogP contribution in [0.15, 0.2) is 47.5 Å². The van der Waals surface area contributed by atoms with E-state index in [-0.39, 0.29) is 17.7 Å². The van der Waals surface area contributed by atoms with Crippen molar-refractivity contribution in [3.05, 3.63) is 53.6 Å². The summed E-state index contributed by atoms with van der Waals surface area (Å²) in [4.78, 5) is 46.3. The van der Waals surface area contributed by atoms with Crippen LogP contribution in [0.5, 0.6) is 0 Å². The van der Waals surface area contributed by atoms with E-state index >= 15 is 0 Å². The maximum absolute atomic E-state index is 13.3. The van der Waals surface area contributed by atoms with E-state index in [0.29, 0.717) is 24.8 Å². The minimum atomic E-state index is -0.547. The Labute approximate surface area is 204 Å². The first kappa shape index (κ1) is 20.9. The van der Waals surface area contributed by atoms with E-state index in [1.54, 1.807) is 0 Å². The molecule has 0 radical (unpaired) electrons. The number of hydrogen-bond acceptors (Lipinski definition) is 4. The number of benzene rings is 2. The standard InChI is InChI=1S/C28H28N4O3/c33-24-14-22-8-7-21(13-23(22)29-24)18-1-3-19(4-2-18)25-30-28(10-11-28)27(35)32(25)16-17-9-12-31(15-17)26(34)20-5-6-20/h1-4,7-8,13,17,20H,5-6,9-12,14-16H2,(H,29,33). The quantitative estimate of drug-likeness (QED) is 0.732. The molecule has 1 unspecified atom stereocenters. The molecular formula is C28H28N4O3. The van der Waals surface area contributed by atoms with Gasteiger partial charge < -0.3 is 10.2 Å². The van der Waals surface area contributed by atoms with Crippen LogP contribution in [-0.4, -0.2) is 58.5 Å². The molecule has 3 heterocycles. The molecule has 2 saturated carbocycles. The normalized spacial score (nSPS) is 24.1. The number of carbonyl (C=O) groups is 3. The van der Waals surface area contributed by atoms with Gasteiger partial charge in [-0.2, -0.15) is 0 Å². The largest absolute Gasteiger partial charge is 0.342 e. The zero-order chi connectivity index (χ0) is 23.7. The molecule has 0 aromatic heterocycles. The van der Waals surface area contributed by atoms with Crippen LogP contribution in [-0.2, 0) is 20.8 Å². The number of carbonyl (C=O) groups excluding carboxylic acids is 3. The third-order valence-electron chi connectivity index (χ3n) is 8.12. The summed E-state index contributed by atoms with van der Waals surface area (Å²) in [5.41, 5.74) is 4.42. The Balaban J connectivity index is 1.11. The van der Waals surface area contributed by atoms with E-state index in [0.717, 1.165) is 79.0 Å².